The highest BCUT2D eigenvalue weighted by Gasteiger charge is 2.19. The van der Waals surface area contributed by atoms with Crippen molar-refractivity contribution in [1.29, 1.82) is 0 Å². The molecule has 0 aliphatic carbocycles. The number of hydrogen-bond acceptors (Lipinski definition) is 6. The number of rotatable bonds is 7. The lowest BCUT2D eigenvalue weighted by molar-refractivity contribution is 0.194. The number of ether oxygens (including phenoxy) is 2. The van der Waals surface area contributed by atoms with E-state index in [0.717, 1.165) is 73.6 Å². The van der Waals surface area contributed by atoms with Gasteiger partial charge in [-0.2, -0.15) is 0 Å². The molecule has 0 amide bonds. The summed E-state index contributed by atoms with van der Waals surface area (Å²) in [5.74, 6) is 1.63. The number of piperidine rings is 1. The minimum atomic E-state index is 0. The van der Waals surface area contributed by atoms with Crippen LogP contribution < -0.4 is 15.8 Å². The first-order valence-electron chi connectivity index (χ1n) is 12.0. The van der Waals surface area contributed by atoms with E-state index in [1.54, 1.807) is 6.20 Å². The van der Waals surface area contributed by atoms with E-state index < -0.39 is 0 Å². The first kappa shape index (κ1) is 24.6. The molecule has 1 aromatic heterocycles. The zero-order valence-electron chi connectivity index (χ0n) is 19.4. The second kappa shape index (κ2) is 11.8. The third kappa shape index (κ3) is 5.76. The first-order chi connectivity index (χ1) is 16.3. The average molecular weight is 481 g/mol. The average Bonchev–Trinajstić information content (AvgIpc) is 3.43. The molecule has 5 rings (SSSR count). The summed E-state index contributed by atoms with van der Waals surface area (Å²) >= 11 is 0. The van der Waals surface area contributed by atoms with E-state index in [0.29, 0.717) is 30.9 Å². The predicted molar refractivity (Wildman–Crippen MR) is 137 cm³/mol. The maximum atomic E-state index is 6.11. The van der Waals surface area contributed by atoms with Gasteiger partial charge in [0, 0.05) is 30.2 Å². The minimum absolute atomic E-state index is 0. The van der Waals surface area contributed by atoms with E-state index in [2.05, 4.69) is 41.7 Å². The highest BCUT2D eigenvalue weighted by atomic mass is 35.5. The van der Waals surface area contributed by atoms with Crippen LogP contribution in [-0.4, -0.2) is 42.9 Å². The molecule has 2 fully saturated rings. The van der Waals surface area contributed by atoms with Gasteiger partial charge in [-0.05, 0) is 49.4 Å². The molecule has 7 heteroatoms. The van der Waals surface area contributed by atoms with Crippen LogP contribution >= 0.6 is 12.4 Å². The second-order valence-corrected chi connectivity index (χ2v) is 8.99. The van der Waals surface area contributed by atoms with E-state index in [4.69, 9.17) is 25.2 Å². The molecular weight excluding hydrogens is 448 g/mol. The fraction of sp³-hybridized carbons (Fsp3) is 0.407. The van der Waals surface area contributed by atoms with Gasteiger partial charge in [-0.3, -0.25) is 0 Å². The molecule has 180 valence electrons. The van der Waals surface area contributed by atoms with Crippen LogP contribution in [0.5, 0.6) is 5.88 Å². The summed E-state index contributed by atoms with van der Waals surface area (Å²) in [7, 11) is 0. The molecule has 0 bridgehead atoms. The van der Waals surface area contributed by atoms with Crippen molar-refractivity contribution >= 4 is 12.4 Å². The minimum Gasteiger partial charge on any atom is -0.476 e. The Hall–Kier alpha value is -2.51. The van der Waals surface area contributed by atoms with Crippen LogP contribution in [-0.2, 0) is 11.3 Å². The van der Waals surface area contributed by atoms with Crippen molar-refractivity contribution in [2.75, 3.05) is 32.9 Å². The molecule has 2 aliphatic rings. The largest absolute Gasteiger partial charge is 0.476 e. The smallest absolute Gasteiger partial charge is 0.232 e. The quantitative estimate of drug-likeness (QED) is 0.515. The number of nitrogens with one attached hydrogen (secondary N) is 1. The van der Waals surface area contributed by atoms with Crippen LogP contribution in [0, 0.1) is 5.92 Å². The summed E-state index contributed by atoms with van der Waals surface area (Å²) in [4.78, 5) is 9.72. The molecule has 2 aromatic carbocycles. The highest BCUT2D eigenvalue weighted by molar-refractivity contribution is 5.85. The van der Waals surface area contributed by atoms with E-state index in [9.17, 15) is 0 Å². The lowest BCUT2D eigenvalue weighted by Gasteiger charge is -2.22. The third-order valence-corrected chi connectivity index (χ3v) is 6.72. The van der Waals surface area contributed by atoms with Crippen LogP contribution in [0.2, 0.25) is 0 Å². The summed E-state index contributed by atoms with van der Waals surface area (Å²) in [6.45, 7) is 4.97. The summed E-state index contributed by atoms with van der Waals surface area (Å²) in [6, 6.07) is 16.9. The molecule has 1 atom stereocenters. The van der Waals surface area contributed by atoms with Gasteiger partial charge in [-0.15, -0.1) is 12.4 Å². The van der Waals surface area contributed by atoms with Crippen molar-refractivity contribution < 1.29 is 9.47 Å². The Morgan fingerprint density at radius 3 is 2.32 bits per heavy atom. The summed E-state index contributed by atoms with van der Waals surface area (Å²) in [5, 5.41) is 3.40. The molecule has 0 spiro atoms. The topological polar surface area (TPSA) is 82.3 Å². The van der Waals surface area contributed by atoms with E-state index in [1.165, 1.54) is 5.56 Å². The van der Waals surface area contributed by atoms with Gasteiger partial charge in [0.15, 0.2) is 0 Å². The third-order valence-electron chi connectivity index (χ3n) is 6.72. The molecule has 2 saturated heterocycles. The molecule has 3 aromatic rings. The van der Waals surface area contributed by atoms with Crippen LogP contribution in [0.25, 0.3) is 22.5 Å². The number of nitrogens with zero attached hydrogens (tertiary/aromatic N) is 2. The van der Waals surface area contributed by atoms with E-state index in [1.807, 2.05) is 12.1 Å². The Bertz CT molecular complexity index is 1050. The lowest BCUT2D eigenvalue weighted by Crippen LogP contribution is -2.30. The van der Waals surface area contributed by atoms with Crippen LogP contribution in [0.15, 0.2) is 54.7 Å². The summed E-state index contributed by atoms with van der Waals surface area (Å²) in [5.41, 5.74) is 11.9. The SMILES string of the molecule is Cl.NCc1ccc(-c2ncc(OCC3CCNCC3)nc2-c2ccc(C3CCOC3)cc2)cc1. The number of nitrogens with two attached hydrogens (primary N) is 1. The zero-order valence-corrected chi connectivity index (χ0v) is 20.2. The van der Waals surface area contributed by atoms with Crippen LogP contribution in [0.4, 0.5) is 0 Å². The maximum absolute atomic E-state index is 6.11. The Kier molecular flexibility index (Phi) is 8.51. The van der Waals surface area contributed by atoms with Gasteiger partial charge in [0.05, 0.1) is 25.1 Å². The Morgan fingerprint density at radius 1 is 0.941 bits per heavy atom. The van der Waals surface area contributed by atoms with Crippen LogP contribution in [0.3, 0.4) is 0 Å². The van der Waals surface area contributed by atoms with Crippen molar-refractivity contribution in [3.63, 3.8) is 0 Å². The maximum Gasteiger partial charge on any atom is 0.232 e. The number of aromatic nitrogens is 2. The highest BCUT2D eigenvalue weighted by Crippen LogP contribution is 2.33. The molecule has 3 N–H and O–H groups in total. The van der Waals surface area contributed by atoms with Gasteiger partial charge in [-0.1, -0.05) is 48.5 Å². The van der Waals surface area contributed by atoms with Gasteiger partial charge < -0.3 is 20.5 Å². The normalized spacial score (nSPS) is 18.4. The fourth-order valence-corrected chi connectivity index (χ4v) is 4.62. The lowest BCUT2D eigenvalue weighted by atomic mass is 9.96. The number of benzene rings is 2. The van der Waals surface area contributed by atoms with Crippen molar-refractivity contribution in [3.05, 3.63) is 65.9 Å². The molecular formula is C27H33ClN4O2. The number of halogens is 1. The molecule has 0 radical (unpaired) electrons. The van der Waals surface area contributed by atoms with Crippen molar-refractivity contribution in [2.45, 2.75) is 31.7 Å². The van der Waals surface area contributed by atoms with Crippen LogP contribution in [0.1, 0.15) is 36.3 Å². The first-order valence-corrected chi connectivity index (χ1v) is 12.0. The molecule has 6 nitrogen and oxygen atoms in total. The molecule has 3 heterocycles. The summed E-state index contributed by atoms with van der Waals surface area (Å²) < 4.78 is 11.7. The second-order valence-electron chi connectivity index (χ2n) is 8.99. The van der Waals surface area contributed by atoms with Crippen molar-refractivity contribution in [1.82, 2.24) is 15.3 Å². The van der Waals surface area contributed by atoms with Gasteiger partial charge in [0.1, 0.15) is 5.69 Å². The summed E-state index contributed by atoms with van der Waals surface area (Å²) in [6.07, 6.45) is 5.11. The Labute approximate surface area is 207 Å². The predicted octanol–water partition coefficient (Wildman–Crippen LogP) is 4.57. The van der Waals surface area contributed by atoms with Gasteiger partial charge >= 0.3 is 0 Å². The Balaban J connectivity index is 0.00000274. The zero-order chi connectivity index (χ0) is 22.5. The molecule has 2 aliphatic heterocycles. The number of hydrogen-bond donors (Lipinski definition) is 2. The van der Waals surface area contributed by atoms with Gasteiger partial charge in [-0.25, -0.2) is 9.97 Å². The van der Waals surface area contributed by atoms with Gasteiger partial charge in [0.25, 0.3) is 0 Å². The van der Waals surface area contributed by atoms with Gasteiger partial charge in [0.2, 0.25) is 5.88 Å². The molecule has 0 saturated carbocycles. The van der Waals surface area contributed by atoms with E-state index >= 15 is 0 Å². The van der Waals surface area contributed by atoms with Crippen molar-refractivity contribution in [3.8, 4) is 28.4 Å². The fourth-order valence-electron chi connectivity index (χ4n) is 4.62. The molecule has 34 heavy (non-hydrogen) atoms. The molecule has 1 unspecified atom stereocenters. The Morgan fingerprint density at radius 2 is 1.65 bits per heavy atom. The van der Waals surface area contributed by atoms with E-state index in [-0.39, 0.29) is 12.4 Å². The monoisotopic (exact) mass is 480 g/mol. The van der Waals surface area contributed by atoms with Crippen molar-refractivity contribution in [2.24, 2.45) is 11.7 Å². The standard InChI is InChI=1S/C27H32N4O2.ClH/c28-15-19-1-3-22(4-2-19)26-27(23-7-5-21(6-8-23)24-11-14-32-18-24)31-25(16-30-26)33-17-20-9-12-29-13-10-20;/h1-8,16,20,24,29H,9-15,17-18,28H2;1H.